The Bertz CT molecular complexity index is 371. The van der Waals surface area contributed by atoms with Crippen LogP contribution in [-0.2, 0) is 14.3 Å². The molecule has 2 fully saturated rings. The summed E-state index contributed by atoms with van der Waals surface area (Å²) in [4.78, 5) is 23.6. The van der Waals surface area contributed by atoms with E-state index in [4.69, 9.17) is 4.74 Å². The Hall–Kier alpha value is -1.10. The zero-order valence-corrected chi connectivity index (χ0v) is 12.8. The van der Waals surface area contributed by atoms with Gasteiger partial charge in [0.1, 0.15) is 0 Å². The van der Waals surface area contributed by atoms with Gasteiger partial charge in [0.05, 0.1) is 24.0 Å². The lowest BCUT2D eigenvalue weighted by Gasteiger charge is -2.23. The molecule has 2 rings (SSSR count). The standard InChI is InChI=1S/C16H27NO4/c1-2-3-4-5-6-7-10-17-15(18)13-11-8-9-12(21-11)14(13)16(19)20/h11-14H,2-10H2,1H3,(H,17,18)(H,19,20)/t11-,12-,13?,14?/m1/s1. The van der Waals surface area contributed by atoms with Gasteiger partial charge in [-0.2, -0.15) is 0 Å². The molecule has 0 aromatic rings. The molecule has 2 saturated heterocycles. The van der Waals surface area contributed by atoms with Crippen molar-refractivity contribution in [2.24, 2.45) is 11.8 Å². The summed E-state index contributed by atoms with van der Waals surface area (Å²) in [6.07, 6.45) is 8.17. The van der Waals surface area contributed by atoms with Crippen LogP contribution in [0.5, 0.6) is 0 Å². The number of carboxylic acid groups (broad SMARTS) is 1. The van der Waals surface area contributed by atoms with Crippen LogP contribution in [0.4, 0.5) is 0 Å². The maximum atomic E-state index is 12.2. The molecule has 5 heteroatoms. The van der Waals surface area contributed by atoms with Crippen LogP contribution in [0.15, 0.2) is 0 Å². The van der Waals surface area contributed by atoms with E-state index >= 15 is 0 Å². The number of nitrogens with one attached hydrogen (secondary N) is 1. The first kappa shape index (κ1) is 16.3. The second kappa shape index (κ2) is 7.78. The number of carbonyl (C=O) groups is 2. The normalized spacial score (nSPS) is 30.5. The quantitative estimate of drug-likeness (QED) is 0.641. The molecular weight excluding hydrogens is 270 g/mol. The van der Waals surface area contributed by atoms with Crippen molar-refractivity contribution < 1.29 is 19.4 Å². The minimum absolute atomic E-state index is 0.136. The van der Waals surface area contributed by atoms with Gasteiger partial charge in [-0.05, 0) is 19.3 Å². The molecule has 4 atom stereocenters. The van der Waals surface area contributed by atoms with E-state index < -0.39 is 17.8 Å². The molecule has 0 aromatic heterocycles. The molecule has 1 amide bonds. The largest absolute Gasteiger partial charge is 0.481 e. The monoisotopic (exact) mass is 297 g/mol. The van der Waals surface area contributed by atoms with Crippen LogP contribution in [0.25, 0.3) is 0 Å². The van der Waals surface area contributed by atoms with Gasteiger partial charge in [0, 0.05) is 6.54 Å². The van der Waals surface area contributed by atoms with E-state index in [1.54, 1.807) is 0 Å². The van der Waals surface area contributed by atoms with Crippen molar-refractivity contribution in [1.29, 1.82) is 0 Å². The van der Waals surface area contributed by atoms with Crippen molar-refractivity contribution >= 4 is 11.9 Å². The minimum atomic E-state index is -0.901. The summed E-state index contributed by atoms with van der Waals surface area (Å²) < 4.78 is 5.61. The Kier molecular flexibility index (Phi) is 6.03. The summed E-state index contributed by atoms with van der Waals surface area (Å²) >= 11 is 0. The lowest BCUT2D eigenvalue weighted by atomic mass is 9.78. The van der Waals surface area contributed by atoms with Gasteiger partial charge < -0.3 is 15.2 Å². The Morgan fingerprint density at radius 2 is 1.67 bits per heavy atom. The van der Waals surface area contributed by atoms with E-state index in [-0.39, 0.29) is 18.1 Å². The van der Waals surface area contributed by atoms with E-state index in [1.807, 2.05) is 0 Å². The van der Waals surface area contributed by atoms with Gasteiger partial charge in [-0.15, -0.1) is 0 Å². The Labute approximate surface area is 126 Å². The van der Waals surface area contributed by atoms with Crippen LogP contribution in [0.3, 0.4) is 0 Å². The van der Waals surface area contributed by atoms with E-state index in [1.165, 1.54) is 25.7 Å². The maximum absolute atomic E-state index is 12.2. The van der Waals surface area contributed by atoms with Gasteiger partial charge in [0.15, 0.2) is 0 Å². The van der Waals surface area contributed by atoms with Crippen molar-refractivity contribution in [1.82, 2.24) is 5.32 Å². The van der Waals surface area contributed by atoms with Gasteiger partial charge in [0.25, 0.3) is 0 Å². The lowest BCUT2D eigenvalue weighted by Crippen LogP contribution is -2.44. The predicted molar refractivity (Wildman–Crippen MR) is 78.9 cm³/mol. The summed E-state index contributed by atoms with van der Waals surface area (Å²) in [5.41, 5.74) is 0. The highest BCUT2D eigenvalue weighted by atomic mass is 16.5. The Balaban J connectivity index is 1.69. The molecule has 2 bridgehead atoms. The van der Waals surface area contributed by atoms with Crippen LogP contribution in [-0.4, -0.2) is 35.7 Å². The fourth-order valence-electron chi connectivity index (χ4n) is 3.56. The van der Waals surface area contributed by atoms with Gasteiger partial charge >= 0.3 is 5.97 Å². The molecular formula is C16H27NO4. The predicted octanol–water partition coefficient (Wildman–Crippen LogP) is 2.34. The van der Waals surface area contributed by atoms with E-state index in [0.29, 0.717) is 6.54 Å². The number of rotatable bonds is 9. The van der Waals surface area contributed by atoms with Crippen molar-refractivity contribution in [3.05, 3.63) is 0 Å². The van der Waals surface area contributed by atoms with Crippen LogP contribution in [0.2, 0.25) is 0 Å². The molecule has 0 aliphatic carbocycles. The zero-order valence-electron chi connectivity index (χ0n) is 12.8. The van der Waals surface area contributed by atoms with Crippen molar-refractivity contribution in [2.75, 3.05) is 6.54 Å². The first-order chi connectivity index (χ1) is 10.1. The molecule has 0 aromatic carbocycles. The van der Waals surface area contributed by atoms with Crippen LogP contribution >= 0.6 is 0 Å². The molecule has 2 aliphatic rings. The van der Waals surface area contributed by atoms with Crippen LogP contribution < -0.4 is 5.32 Å². The maximum Gasteiger partial charge on any atom is 0.310 e. The number of hydrogen-bond donors (Lipinski definition) is 2. The smallest absolute Gasteiger partial charge is 0.310 e. The molecule has 0 radical (unpaired) electrons. The number of ether oxygens (including phenoxy) is 1. The van der Waals surface area contributed by atoms with E-state index in [2.05, 4.69) is 12.2 Å². The SMILES string of the molecule is CCCCCCCCNC(=O)C1C(C(=O)O)[C@H]2CC[C@H]1O2. The molecule has 2 aliphatic heterocycles. The van der Waals surface area contributed by atoms with Crippen LogP contribution in [0.1, 0.15) is 58.3 Å². The van der Waals surface area contributed by atoms with Crippen molar-refractivity contribution in [3.63, 3.8) is 0 Å². The number of carboxylic acids is 1. The number of unbranched alkanes of at least 4 members (excludes halogenated alkanes) is 5. The Morgan fingerprint density at radius 1 is 1.05 bits per heavy atom. The summed E-state index contributed by atoms with van der Waals surface area (Å²) in [6.45, 7) is 2.83. The molecule has 5 nitrogen and oxygen atoms in total. The molecule has 21 heavy (non-hydrogen) atoms. The van der Waals surface area contributed by atoms with Gasteiger partial charge in [-0.3, -0.25) is 9.59 Å². The van der Waals surface area contributed by atoms with E-state index in [9.17, 15) is 14.7 Å². The average molecular weight is 297 g/mol. The highest BCUT2D eigenvalue weighted by molar-refractivity contribution is 5.86. The third-order valence-corrected chi connectivity index (χ3v) is 4.69. The zero-order chi connectivity index (χ0) is 15.2. The summed E-state index contributed by atoms with van der Waals surface area (Å²) in [6, 6.07) is 0. The van der Waals surface area contributed by atoms with Gasteiger partial charge in [-0.25, -0.2) is 0 Å². The second-order valence-corrected chi connectivity index (χ2v) is 6.24. The summed E-state index contributed by atoms with van der Waals surface area (Å²) in [5.74, 6) is -2.19. The molecule has 2 unspecified atom stereocenters. The fourth-order valence-corrected chi connectivity index (χ4v) is 3.56. The van der Waals surface area contributed by atoms with Crippen molar-refractivity contribution in [3.8, 4) is 0 Å². The highest BCUT2D eigenvalue weighted by Crippen LogP contribution is 2.43. The number of hydrogen-bond acceptors (Lipinski definition) is 3. The summed E-state index contributed by atoms with van der Waals surface area (Å²) in [5, 5.41) is 12.2. The van der Waals surface area contributed by atoms with Crippen molar-refractivity contribution in [2.45, 2.75) is 70.5 Å². The summed E-state index contributed by atoms with van der Waals surface area (Å²) in [7, 11) is 0. The van der Waals surface area contributed by atoms with Gasteiger partial charge in [-0.1, -0.05) is 39.0 Å². The fraction of sp³-hybridized carbons (Fsp3) is 0.875. The third kappa shape index (κ3) is 3.96. The van der Waals surface area contributed by atoms with Crippen LogP contribution in [0, 0.1) is 11.8 Å². The average Bonchev–Trinajstić information content (AvgIpc) is 3.06. The number of carbonyl (C=O) groups excluding carboxylic acids is 1. The highest BCUT2D eigenvalue weighted by Gasteiger charge is 2.55. The van der Waals surface area contributed by atoms with E-state index in [0.717, 1.165) is 25.7 Å². The number of fused-ring (bicyclic) bond motifs is 2. The first-order valence-corrected chi connectivity index (χ1v) is 8.31. The lowest BCUT2D eigenvalue weighted by molar-refractivity contribution is -0.147. The molecule has 0 saturated carbocycles. The topological polar surface area (TPSA) is 75.6 Å². The first-order valence-electron chi connectivity index (χ1n) is 8.31. The minimum Gasteiger partial charge on any atom is -0.481 e. The second-order valence-electron chi connectivity index (χ2n) is 6.24. The molecule has 2 N–H and O–H groups in total. The number of aliphatic carboxylic acids is 1. The molecule has 0 spiro atoms. The third-order valence-electron chi connectivity index (χ3n) is 4.69. The molecule has 2 heterocycles. The van der Waals surface area contributed by atoms with Gasteiger partial charge in [0.2, 0.25) is 5.91 Å². The number of amides is 1. The molecule has 120 valence electrons. The Morgan fingerprint density at radius 3 is 2.33 bits per heavy atom.